The van der Waals surface area contributed by atoms with Crippen molar-refractivity contribution in [2.45, 2.75) is 46.5 Å². The van der Waals surface area contributed by atoms with Crippen LogP contribution in [0.15, 0.2) is 0 Å². The van der Waals surface area contributed by atoms with E-state index in [1.807, 2.05) is 6.92 Å². The highest BCUT2D eigenvalue weighted by molar-refractivity contribution is 5.76. The van der Waals surface area contributed by atoms with E-state index in [9.17, 15) is 4.79 Å². The summed E-state index contributed by atoms with van der Waals surface area (Å²) in [6, 6.07) is 0. The molecule has 1 amide bonds. The molecule has 104 valence electrons. The van der Waals surface area contributed by atoms with Gasteiger partial charge in [0.25, 0.3) is 0 Å². The molecule has 0 saturated carbocycles. The van der Waals surface area contributed by atoms with Crippen LogP contribution in [0.4, 0.5) is 0 Å². The summed E-state index contributed by atoms with van der Waals surface area (Å²) < 4.78 is 0. The second-order valence-corrected chi connectivity index (χ2v) is 6.61. The van der Waals surface area contributed by atoms with E-state index in [-0.39, 0.29) is 0 Å². The minimum atomic E-state index is 0.344. The fraction of sp³-hybridized carbons (Fsp3) is 0.933. The zero-order valence-electron chi connectivity index (χ0n) is 12.2. The highest BCUT2D eigenvalue weighted by Gasteiger charge is 2.41. The number of amides is 1. The normalized spacial score (nSPS) is 24.1. The van der Waals surface area contributed by atoms with Crippen molar-refractivity contribution in [3.63, 3.8) is 0 Å². The molecule has 3 nitrogen and oxygen atoms in total. The van der Waals surface area contributed by atoms with Crippen molar-refractivity contribution in [3.05, 3.63) is 0 Å². The number of piperidine rings is 1. The van der Waals surface area contributed by atoms with Crippen LogP contribution in [0, 0.1) is 11.3 Å². The first-order chi connectivity index (χ1) is 8.54. The van der Waals surface area contributed by atoms with E-state index in [0.29, 0.717) is 17.7 Å². The van der Waals surface area contributed by atoms with Crippen molar-refractivity contribution in [1.29, 1.82) is 0 Å². The fourth-order valence-electron chi connectivity index (χ4n) is 3.51. The Morgan fingerprint density at radius 2 is 1.78 bits per heavy atom. The number of nitrogens with zero attached hydrogens (tertiary/aromatic N) is 2. The molecule has 0 aromatic carbocycles. The van der Waals surface area contributed by atoms with Crippen LogP contribution in [-0.4, -0.2) is 48.4 Å². The zero-order valence-corrected chi connectivity index (χ0v) is 12.2. The topological polar surface area (TPSA) is 23.6 Å². The maximum absolute atomic E-state index is 11.8. The van der Waals surface area contributed by atoms with Crippen LogP contribution in [0.5, 0.6) is 0 Å². The molecule has 0 aromatic heterocycles. The Morgan fingerprint density at radius 1 is 1.17 bits per heavy atom. The van der Waals surface area contributed by atoms with Gasteiger partial charge in [-0.15, -0.1) is 0 Å². The molecule has 18 heavy (non-hydrogen) atoms. The Hall–Kier alpha value is -0.570. The van der Waals surface area contributed by atoms with E-state index < -0.39 is 0 Å². The molecule has 0 aromatic rings. The van der Waals surface area contributed by atoms with Gasteiger partial charge in [-0.05, 0) is 43.7 Å². The first-order valence-electron chi connectivity index (χ1n) is 7.55. The van der Waals surface area contributed by atoms with Gasteiger partial charge in [0.15, 0.2) is 0 Å². The summed E-state index contributed by atoms with van der Waals surface area (Å²) in [5.74, 6) is 1.11. The number of hydrogen-bond acceptors (Lipinski definition) is 2. The van der Waals surface area contributed by atoms with E-state index in [1.165, 1.54) is 38.9 Å². The van der Waals surface area contributed by atoms with Gasteiger partial charge < -0.3 is 9.80 Å². The standard InChI is InChI=1S/C15H28N2O/c1-4-14(18)17-10-7-15(12-17)5-8-16(9-6-15)11-13(2)3/h13H,4-12H2,1-3H3. The first kappa shape index (κ1) is 13.9. The van der Waals surface area contributed by atoms with Gasteiger partial charge in [-0.3, -0.25) is 4.79 Å². The summed E-state index contributed by atoms with van der Waals surface area (Å²) in [7, 11) is 0. The largest absolute Gasteiger partial charge is 0.342 e. The lowest BCUT2D eigenvalue weighted by atomic mass is 9.77. The van der Waals surface area contributed by atoms with Crippen LogP contribution in [0.1, 0.15) is 46.5 Å². The van der Waals surface area contributed by atoms with Crippen molar-refractivity contribution in [2.24, 2.45) is 11.3 Å². The van der Waals surface area contributed by atoms with Crippen molar-refractivity contribution < 1.29 is 4.79 Å². The summed E-state index contributed by atoms with van der Waals surface area (Å²) >= 11 is 0. The number of carbonyl (C=O) groups excluding carboxylic acids is 1. The highest BCUT2D eigenvalue weighted by Crippen LogP contribution is 2.40. The molecule has 0 bridgehead atoms. The summed E-state index contributed by atoms with van der Waals surface area (Å²) in [5, 5.41) is 0. The second kappa shape index (κ2) is 5.60. The number of likely N-dealkylation sites (tertiary alicyclic amines) is 2. The molecule has 2 aliphatic rings. The maximum atomic E-state index is 11.8. The number of carbonyl (C=O) groups is 1. The molecule has 2 heterocycles. The molecule has 2 rings (SSSR count). The minimum Gasteiger partial charge on any atom is -0.342 e. The molecule has 2 aliphatic heterocycles. The predicted octanol–water partition coefficient (Wildman–Crippen LogP) is 2.37. The third kappa shape index (κ3) is 3.05. The first-order valence-corrected chi connectivity index (χ1v) is 7.55. The summed E-state index contributed by atoms with van der Waals surface area (Å²) in [6.45, 7) is 12.3. The van der Waals surface area contributed by atoms with Gasteiger partial charge >= 0.3 is 0 Å². The summed E-state index contributed by atoms with van der Waals surface area (Å²) in [4.78, 5) is 16.5. The van der Waals surface area contributed by atoms with Gasteiger partial charge in [0.05, 0.1) is 0 Å². The lowest BCUT2D eigenvalue weighted by molar-refractivity contribution is -0.130. The van der Waals surface area contributed by atoms with Crippen molar-refractivity contribution in [3.8, 4) is 0 Å². The smallest absolute Gasteiger partial charge is 0.222 e. The zero-order chi connectivity index (χ0) is 13.2. The van der Waals surface area contributed by atoms with Crippen LogP contribution in [0.25, 0.3) is 0 Å². The SMILES string of the molecule is CCC(=O)N1CCC2(CCN(CC(C)C)CC2)C1. The van der Waals surface area contributed by atoms with Crippen LogP contribution in [-0.2, 0) is 4.79 Å². The maximum Gasteiger partial charge on any atom is 0.222 e. The monoisotopic (exact) mass is 252 g/mol. The summed E-state index contributed by atoms with van der Waals surface area (Å²) in [6.07, 6.45) is 4.46. The van der Waals surface area contributed by atoms with Gasteiger partial charge in [-0.25, -0.2) is 0 Å². The molecule has 0 aliphatic carbocycles. The fourth-order valence-corrected chi connectivity index (χ4v) is 3.51. The third-order valence-corrected chi connectivity index (χ3v) is 4.63. The Balaban J connectivity index is 1.84. The molecule has 2 fully saturated rings. The van der Waals surface area contributed by atoms with Crippen LogP contribution < -0.4 is 0 Å². The molecule has 0 N–H and O–H groups in total. The van der Waals surface area contributed by atoms with Gasteiger partial charge in [0.1, 0.15) is 0 Å². The summed E-state index contributed by atoms with van der Waals surface area (Å²) in [5.41, 5.74) is 0.457. The Bertz CT molecular complexity index is 293. The lowest BCUT2D eigenvalue weighted by Crippen LogP contribution is -2.43. The minimum absolute atomic E-state index is 0.344. The van der Waals surface area contributed by atoms with E-state index in [2.05, 4.69) is 23.6 Å². The molecule has 0 unspecified atom stereocenters. The lowest BCUT2D eigenvalue weighted by Gasteiger charge is -2.39. The van der Waals surface area contributed by atoms with Gasteiger partial charge in [-0.2, -0.15) is 0 Å². The van der Waals surface area contributed by atoms with Gasteiger partial charge in [0, 0.05) is 26.1 Å². The van der Waals surface area contributed by atoms with Gasteiger partial charge in [0.2, 0.25) is 5.91 Å². The van der Waals surface area contributed by atoms with E-state index >= 15 is 0 Å². The Kier molecular flexibility index (Phi) is 4.31. The number of rotatable bonds is 3. The second-order valence-electron chi connectivity index (χ2n) is 6.61. The van der Waals surface area contributed by atoms with E-state index in [1.54, 1.807) is 0 Å². The third-order valence-electron chi connectivity index (χ3n) is 4.63. The molecular weight excluding hydrogens is 224 g/mol. The van der Waals surface area contributed by atoms with E-state index in [4.69, 9.17) is 0 Å². The molecule has 0 radical (unpaired) electrons. The van der Waals surface area contributed by atoms with Crippen LogP contribution in [0.2, 0.25) is 0 Å². The Morgan fingerprint density at radius 3 is 2.33 bits per heavy atom. The average molecular weight is 252 g/mol. The molecular formula is C15H28N2O. The average Bonchev–Trinajstić information content (AvgIpc) is 2.75. The van der Waals surface area contributed by atoms with Crippen LogP contribution >= 0.6 is 0 Å². The van der Waals surface area contributed by atoms with E-state index in [0.717, 1.165) is 19.0 Å². The molecule has 2 saturated heterocycles. The molecule has 1 spiro atoms. The Labute approximate surface area is 112 Å². The quantitative estimate of drug-likeness (QED) is 0.770. The number of hydrogen-bond donors (Lipinski definition) is 0. The molecule has 0 atom stereocenters. The highest BCUT2D eigenvalue weighted by atomic mass is 16.2. The van der Waals surface area contributed by atoms with Crippen molar-refractivity contribution in [2.75, 3.05) is 32.7 Å². The van der Waals surface area contributed by atoms with Crippen molar-refractivity contribution >= 4 is 5.91 Å². The van der Waals surface area contributed by atoms with Crippen molar-refractivity contribution in [1.82, 2.24) is 9.80 Å². The molecule has 3 heteroatoms. The van der Waals surface area contributed by atoms with Gasteiger partial charge in [-0.1, -0.05) is 20.8 Å². The predicted molar refractivity (Wildman–Crippen MR) is 74.4 cm³/mol. The van der Waals surface area contributed by atoms with Crippen LogP contribution in [0.3, 0.4) is 0 Å².